The van der Waals surface area contributed by atoms with E-state index in [2.05, 4.69) is 27.7 Å². The Morgan fingerprint density at radius 1 is 0.523 bits per heavy atom. The Kier molecular flexibility index (Phi) is 32.3. The Morgan fingerprint density at radius 2 is 0.955 bits per heavy atom. The van der Waals surface area contributed by atoms with E-state index >= 15 is 0 Å². The van der Waals surface area contributed by atoms with Crippen molar-refractivity contribution in [3.63, 3.8) is 0 Å². The van der Waals surface area contributed by atoms with Crippen LogP contribution in [0.3, 0.4) is 0 Å². The zero-order chi connectivity index (χ0) is 33.4. The van der Waals surface area contributed by atoms with Crippen molar-refractivity contribution in [1.29, 1.82) is 0 Å². The first-order valence-electron chi connectivity index (χ1n) is 17.9. The average molecular weight is 629 g/mol. The summed E-state index contributed by atoms with van der Waals surface area (Å²) in [6.45, 7) is 9.23. The second-order valence-electron chi connectivity index (χ2n) is 12.5. The van der Waals surface area contributed by atoms with Gasteiger partial charge in [0.05, 0.1) is 12.5 Å². The number of carboxylic acids is 3. The number of hydrogen-bond acceptors (Lipinski definition) is 5. The van der Waals surface area contributed by atoms with Crippen LogP contribution in [0.5, 0.6) is 0 Å². The molecule has 8 nitrogen and oxygen atoms in total. The number of rotatable bonds is 30. The van der Waals surface area contributed by atoms with Gasteiger partial charge in [-0.05, 0) is 50.4 Å². The monoisotopic (exact) mass is 628 g/mol. The van der Waals surface area contributed by atoms with Crippen molar-refractivity contribution >= 4 is 23.9 Å². The molecule has 0 fully saturated rings. The maximum atomic E-state index is 11.7. The van der Waals surface area contributed by atoms with Gasteiger partial charge in [0.15, 0.2) is 0 Å². The Bertz CT molecular complexity index is 706. The molecule has 0 saturated carbocycles. The van der Waals surface area contributed by atoms with Crippen molar-refractivity contribution in [2.75, 3.05) is 6.61 Å². The fourth-order valence-electron chi connectivity index (χ4n) is 5.36. The number of carboxylic acid groups (broad SMARTS) is 3. The Hall–Kier alpha value is -2.12. The quantitative estimate of drug-likeness (QED) is 0.0527. The minimum absolute atomic E-state index is 0.0687. The number of carbonyl (C=O) groups excluding carboxylic acids is 1. The van der Waals surface area contributed by atoms with E-state index < -0.39 is 17.9 Å². The smallest absolute Gasteiger partial charge is 0.306 e. The summed E-state index contributed by atoms with van der Waals surface area (Å²) in [4.78, 5) is 43.8. The van der Waals surface area contributed by atoms with Crippen molar-refractivity contribution < 1.29 is 39.2 Å². The zero-order valence-corrected chi connectivity index (χ0v) is 28.8. The van der Waals surface area contributed by atoms with Crippen LogP contribution in [0.2, 0.25) is 0 Å². The summed E-state index contributed by atoms with van der Waals surface area (Å²) in [5.41, 5.74) is 0. The van der Waals surface area contributed by atoms with E-state index in [0.29, 0.717) is 24.9 Å². The highest BCUT2D eigenvalue weighted by molar-refractivity contribution is 5.70. The van der Waals surface area contributed by atoms with Crippen molar-refractivity contribution in [3.05, 3.63) is 0 Å². The van der Waals surface area contributed by atoms with E-state index in [1.807, 2.05) is 0 Å². The molecule has 260 valence electrons. The van der Waals surface area contributed by atoms with E-state index in [1.54, 1.807) is 0 Å². The maximum Gasteiger partial charge on any atom is 0.306 e. The molecule has 0 rings (SSSR count). The predicted octanol–water partition coefficient (Wildman–Crippen LogP) is 10.1. The SMILES string of the molecule is CCCCC(CC)CC(CCCCCCCC(=O)O)C(=O)O.CCCCC(CC)COC(=O)CCCCCCCCC(=O)O. The summed E-state index contributed by atoms with van der Waals surface area (Å²) in [5, 5.41) is 26.5. The summed E-state index contributed by atoms with van der Waals surface area (Å²) >= 11 is 0. The summed E-state index contributed by atoms with van der Waals surface area (Å²) < 4.78 is 5.36. The van der Waals surface area contributed by atoms with E-state index in [1.165, 1.54) is 25.7 Å². The lowest BCUT2D eigenvalue weighted by molar-refractivity contribution is -0.145. The van der Waals surface area contributed by atoms with Gasteiger partial charge in [-0.15, -0.1) is 0 Å². The van der Waals surface area contributed by atoms with Gasteiger partial charge in [0, 0.05) is 19.3 Å². The second kappa shape index (κ2) is 32.3. The fourth-order valence-corrected chi connectivity index (χ4v) is 5.36. The van der Waals surface area contributed by atoms with Crippen LogP contribution in [0.15, 0.2) is 0 Å². The first-order chi connectivity index (χ1) is 21.1. The van der Waals surface area contributed by atoms with Crippen LogP contribution in [0.25, 0.3) is 0 Å². The number of ether oxygens (including phenoxy) is 1. The lowest BCUT2D eigenvalue weighted by atomic mass is 9.86. The lowest BCUT2D eigenvalue weighted by Gasteiger charge is -2.19. The van der Waals surface area contributed by atoms with E-state index in [4.69, 9.17) is 14.9 Å². The third-order valence-corrected chi connectivity index (χ3v) is 8.50. The Balaban J connectivity index is 0. The molecule has 0 aromatic rings. The summed E-state index contributed by atoms with van der Waals surface area (Å²) in [7, 11) is 0. The molecule has 0 aromatic carbocycles. The van der Waals surface area contributed by atoms with Crippen LogP contribution >= 0.6 is 0 Å². The summed E-state index contributed by atoms with van der Waals surface area (Å²) in [5.74, 6) is -1.33. The highest BCUT2D eigenvalue weighted by Gasteiger charge is 2.21. The number of aliphatic carboxylic acids is 3. The molecule has 3 atom stereocenters. The number of esters is 1. The van der Waals surface area contributed by atoms with Crippen LogP contribution in [-0.2, 0) is 23.9 Å². The lowest BCUT2D eigenvalue weighted by Crippen LogP contribution is -2.18. The highest BCUT2D eigenvalue weighted by Crippen LogP contribution is 2.25. The molecule has 0 aliphatic carbocycles. The average Bonchev–Trinajstić information content (AvgIpc) is 2.99. The third kappa shape index (κ3) is 31.3. The minimum Gasteiger partial charge on any atom is -0.481 e. The minimum atomic E-state index is -0.733. The van der Waals surface area contributed by atoms with Gasteiger partial charge in [0.1, 0.15) is 0 Å². The van der Waals surface area contributed by atoms with Gasteiger partial charge in [-0.3, -0.25) is 19.2 Å². The van der Waals surface area contributed by atoms with Crippen LogP contribution in [0, 0.1) is 17.8 Å². The van der Waals surface area contributed by atoms with Gasteiger partial charge in [0.2, 0.25) is 0 Å². The van der Waals surface area contributed by atoms with Gasteiger partial charge in [-0.2, -0.15) is 0 Å². The largest absolute Gasteiger partial charge is 0.481 e. The summed E-state index contributed by atoms with van der Waals surface area (Å²) in [6.07, 6.45) is 22.1. The fraction of sp³-hybridized carbons (Fsp3) is 0.889. The van der Waals surface area contributed by atoms with Crippen molar-refractivity contribution in [2.45, 2.75) is 182 Å². The van der Waals surface area contributed by atoms with E-state index in [0.717, 1.165) is 109 Å². The Morgan fingerprint density at radius 3 is 1.39 bits per heavy atom. The molecule has 0 heterocycles. The second-order valence-corrected chi connectivity index (χ2v) is 12.5. The number of unbranched alkanes of at least 4 members (excludes halogenated alkanes) is 11. The highest BCUT2D eigenvalue weighted by atomic mass is 16.5. The topological polar surface area (TPSA) is 138 Å². The molecular formula is C36H68O8. The molecule has 0 saturated heterocycles. The number of hydrogen-bond donors (Lipinski definition) is 3. The molecule has 0 aliphatic heterocycles. The molecule has 0 amide bonds. The maximum absolute atomic E-state index is 11.7. The van der Waals surface area contributed by atoms with Crippen LogP contribution < -0.4 is 0 Å². The van der Waals surface area contributed by atoms with Crippen molar-refractivity contribution in [2.24, 2.45) is 17.8 Å². The van der Waals surface area contributed by atoms with Crippen LogP contribution in [-0.4, -0.2) is 45.8 Å². The molecule has 0 aliphatic rings. The van der Waals surface area contributed by atoms with Crippen molar-refractivity contribution in [3.8, 4) is 0 Å². The first-order valence-corrected chi connectivity index (χ1v) is 17.9. The van der Waals surface area contributed by atoms with Crippen LogP contribution in [0.4, 0.5) is 0 Å². The van der Waals surface area contributed by atoms with E-state index in [9.17, 15) is 24.3 Å². The summed E-state index contributed by atoms with van der Waals surface area (Å²) in [6, 6.07) is 0. The molecule has 0 bridgehead atoms. The third-order valence-electron chi connectivity index (χ3n) is 8.50. The van der Waals surface area contributed by atoms with Gasteiger partial charge in [-0.1, -0.05) is 124 Å². The standard InChI is InChI=1S/2C18H34O4/c1-3-5-12-16(4-2)15-22-18(21)14-11-9-7-6-8-10-13-17(19)20;1-3-5-11-15(4-2)14-16(18(21)22)12-9-7-6-8-10-13-17(19)20/h16H,3-15H2,1-2H3,(H,19,20);15-16H,3-14H2,1-2H3,(H,19,20)(H,21,22). The molecular weight excluding hydrogens is 560 g/mol. The van der Waals surface area contributed by atoms with Gasteiger partial charge >= 0.3 is 23.9 Å². The predicted molar refractivity (Wildman–Crippen MR) is 178 cm³/mol. The molecule has 3 unspecified atom stereocenters. The molecule has 0 spiro atoms. The molecule has 0 aromatic heterocycles. The van der Waals surface area contributed by atoms with E-state index in [-0.39, 0.29) is 24.7 Å². The number of carbonyl (C=O) groups is 4. The van der Waals surface area contributed by atoms with Crippen molar-refractivity contribution in [1.82, 2.24) is 0 Å². The van der Waals surface area contributed by atoms with Gasteiger partial charge < -0.3 is 20.1 Å². The molecule has 0 radical (unpaired) electrons. The zero-order valence-electron chi connectivity index (χ0n) is 28.8. The molecule has 44 heavy (non-hydrogen) atoms. The molecule has 8 heteroatoms. The first kappa shape index (κ1) is 44.0. The van der Waals surface area contributed by atoms with Crippen LogP contribution in [0.1, 0.15) is 182 Å². The Labute approximate surface area is 269 Å². The van der Waals surface area contributed by atoms with Gasteiger partial charge in [0.25, 0.3) is 0 Å². The molecule has 3 N–H and O–H groups in total. The normalized spacial score (nSPS) is 12.9. The van der Waals surface area contributed by atoms with Gasteiger partial charge in [-0.25, -0.2) is 0 Å².